The Kier molecular flexibility index (Phi) is 10.2. The van der Waals surface area contributed by atoms with Gasteiger partial charge in [-0.3, -0.25) is 14.7 Å². The van der Waals surface area contributed by atoms with Crippen LogP contribution in [0.2, 0.25) is 0 Å². The molecule has 1 aromatic heterocycles. The zero-order valence-electron chi connectivity index (χ0n) is 23.1. The maximum atomic E-state index is 13.7. The lowest BCUT2D eigenvalue weighted by molar-refractivity contribution is -0.134. The lowest BCUT2D eigenvalue weighted by Crippen LogP contribution is -2.45. The van der Waals surface area contributed by atoms with Crippen LogP contribution in [-0.4, -0.2) is 75.1 Å². The number of rotatable bonds is 9. The van der Waals surface area contributed by atoms with Crippen LogP contribution in [-0.2, 0) is 19.9 Å². The van der Waals surface area contributed by atoms with Crippen LogP contribution in [0.3, 0.4) is 0 Å². The van der Waals surface area contributed by atoms with Crippen LogP contribution in [0.15, 0.2) is 97.3 Å². The van der Waals surface area contributed by atoms with Gasteiger partial charge in [0.1, 0.15) is 0 Å². The summed E-state index contributed by atoms with van der Waals surface area (Å²) in [6.07, 6.45) is 7.47. The summed E-state index contributed by atoms with van der Waals surface area (Å²) in [6, 6.07) is 23.4. The predicted octanol–water partition coefficient (Wildman–Crippen LogP) is 3.86. The molecular weight excluding hydrogens is 536 g/mol. The molecule has 0 spiro atoms. The number of hydrogen-bond acceptors (Lipinski definition) is 6. The van der Waals surface area contributed by atoms with Crippen molar-refractivity contribution in [3.05, 3.63) is 114 Å². The van der Waals surface area contributed by atoms with Gasteiger partial charge in [-0.1, -0.05) is 60.7 Å². The number of carboxylic acids is 2. The molecule has 10 nitrogen and oxygen atoms in total. The summed E-state index contributed by atoms with van der Waals surface area (Å²) < 4.78 is 0. The Morgan fingerprint density at radius 3 is 1.95 bits per heavy atom. The van der Waals surface area contributed by atoms with Crippen LogP contribution in [0.25, 0.3) is 0 Å². The second kappa shape index (κ2) is 14.2. The van der Waals surface area contributed by atoms with Crippen molar-refractivity contribution in [3.63, 3.8) is 0 Å². The average Bonchev–Trinajstić information content (AvgIpc) is 3.28. The molecule has 10 heteroatoms. The third-order valence-corrected chi connectivity index (χ3v) is 7.51. The number of imide groups is 1. The molecule has 5 rings (SSSR count). The molecule has 2 aliphatic heterocycles. The lowest BCUT2D eigenvalue weighted by atomic mass is 9.83. The van der Waals surface area contributed by atoms with E-state index in [4.69, 9.17) is 10.2 Å². The lowest BCUT2D eigenvalue weighted by Gasteiger charge is -2.32. The van der Waals surface area contributed by atoms with Crippen molar-refractivity contribution >= 4 is 23.9 Å². The number of carbonyl (C=O) groups excluding carboxylic acids is 2. The first-order valence-corrected chi connectivity index (χ1v) is 13.8. The molecule has 218 valence electrons. The maximum absolute atomic E-state index is 13.7. The monoisotopic (exact) mass is 570 g/mol. The van der Waals surface area contributed by atoms with Gasteiger partial charge in [-0.05, 0) is 73.6 Å². The Morgan fingerprint density at radius 2 is 1.38 bits per heavy atom. The van der Waals surface area contributed by atoms with Crippen molar-refractivity contribution in [2.24, 2.45) is 0 Å². The van der Waals surface area contributed by atoms with Gasteiger partial charge in [-0.15, -0.1) is 0 Å². The Hall–Kier alpha value is -4.83. The molecule has 2 aromatic carbocycles. The summed E-state index contributed by atoms with van der Waals surface area (Å²) in [5, 5.41) is 18.6. The van der Waals surface area contributed by atoms with Gasteiger partial charge < -0.3 is 20.4 Å². The van der Waals surface area contributed by atoms with Gasteiger partial charge in [-0.2, -0.15) is 0 Å². The zero-order chi connectivity index (χ0) is 30.0. The fourth-order valence-corrected chi connectivity index (χ4v) is 5.44. The van der Waals surface area contributed by atoms with E-state index in [1.165, 1.54) is 10.5 Å². The van der Waals surface area contributed by atoms with Crippen molar-refractivity contribution in [3.8, 4) is 0 Å². The summed E-state index contributed by atoms with van der Waals surface area (Å²) in [7, 11) is 0. The predicted molar refractivity (Wildman–Crippen MR) is 156 cm³/mol. The van der Waals surface area contributed by atoms with Crippen molar-refractivity contribution in [1.82, 2.24) is 20.1 Å². The van der Waals surface area contributed by atoms with Gasteiger partial charge in [0, 0.05) is 31.1 Å². The number of urea groups is 1. The highest BCUT2D eigenvalue weighted by Crippen LogP contribution is 2.36. The Balaban J connectivity index is 0.000000446. The normalized spacial score (nSPS) is 19.3. The number of amides is 3. The minimum Gasteiger partial charge on any atom is -0.478 e. The third kappa shape index (κ3) is 7.27. The number of pyridine rings is 1. The molecule has 42 heavy (non-hydrogen) atoms. The van der Waals surface area contributed by atoms with Crippen LogP contribution < -0.4 is 5.32 Å². The minimum absolute atomic E-state index is 0.224. The topological polar surface area (TPSA) is 140 Å². The number of carbonyl (C=O) groups is 4. The second-order valence-electron chi connectivity index (χ2n) is 10.1. The smallest absolute Gasteiger partial charge is 0.328 e. The van der Waals surface area contributed by atoms with E-state index >= 15 is 0 Å². The van der Waals surface area contributed by atoms with E-state index in [1.807, 2.05) is 30.3 Å². The summed E-state index contributed by atoms with van der Waals surface area (Å²) in [4.78, 5) is 53.7. The van der Waals surface area contributed by atoms with E-state index in [-0.39, 0.29) is 11.9 Å². The molecule has 2 aliphatic rings. The Bertz CT molecular complexity index is 1330. The van der Waals surface area contributed by atoms with E-state index in [2.05, 4.69) is 45.5 Å². The van der Waals surface area contributed by atoms with Crippen LogP contribution in [0, 0.1) is 0 Å². The highest BCUT2D eigenvalue weighted by atomic mass is 16.4. The first-order chi connectivity index (χ1) is 20.3. The molecule has 0 aliphatic carbocycles. The number of benzene rings is 2. The molecule has 3 N–H and O–H groups in total. The van der Waals surface area contributed by atoms with Crippen LogP contribution >= 0.6 is 0 Å². The first kappa shape index (κ1) is 30.1. The maximum Gasteiger partial charge on any atom is 0.328 e. The number of nitrogens with one attached hydrogen (secondary N) is 1. The standard InChI is InChI=1S/C28H30N4O2.C4H4O4/c33-26-28(24-10-5-2-6-11-24,25-12-16-29-17-13-25)30-27(34)32(26)19-7-18-31-20-14-23(15-21-31)22-8-3-1-4-9-22;5-3(6)1-2-4(7)8/h1-6,8-13,16-17,23H,7,14-15,18-21H2,(H,30,34);1-2H,(H,5,6)(H,7,8)/b;2-1-. The summed E-state index contributed by atoms with van der Waals surface area (Å²) in [6.45, 7) is 3.38. The van der Waals surface area contributed by atoms with Gasteiger partial charge in [0.25, 0.3) is 5.91 Å². The number of nitrogens with zero attached hydrogens (tertiary/aromatic N) is 3. The van der Waals surface area contributed by atoms with Gasteiger partial charge in [0.15, 0.2) is 5.54 Å². The third-order valence-electron chi connectivity index (χ3n) is 7.51. The van der Waals surface area contributed by atoms with Crippen molar-refractivity contribution < 1.29 is 29.4 Å². The number of aliphatic carboxylic acids is 2. The quantitative estimate of drug-likeness (QED) is 0.260. The average molecular weight is 571 g/mol. The van der Waals surface area contributed by atoms with E-state index in [0.29, 0.717) is 24.6 Å². The molecule has 1 unspecified atom stereocenters. The summed E-state index contributed by atoms with van der Waals surface area (Å²) in [5.74, 6) is -2.12. The molecule has 2 saturated heterocycles. The van der Waals surface area contributed by atoms with Crippen molar-refractivity contribution in [2.45, 2.75) is 30.7 Å². The summed E-state index contributed by atoms with van der Waals surface area (Å²) in [5.41, 5.74) is 1.69. The van der Waals surface area contributed by atoms with E-state index in [0.717, 1.165) is 50.0 Å². The van der Waals surface area contributed by atoms with Gasteiger partial charge in [0.2, 0.25) is 0 Å². The molecule has 2 fully saturated rings. The number of piperidine rings is 1. The fourth-order valence-electron chi connectivity index (χ4n) is 5.44. The Labute approximate surface area is 244 Å². The highest BCUT2D eigenvalue weighted by Gasteiger charge is 2.53. The van der Waals surface area contributed by atoms with Gasteiger partial charge in [-0.25, -0.2) is 14.4 Å². The van der Waals surface area contributed by atoms with Gasteiger partial charge >= 0.3 is 18.0 Å². The van der Waals surface area contributed by atoms with Gasteiger partial charge in [0.05, 0.1) is 0 Å². The number of likely N-dealkylation sites (tertiary alicyclic amines) is 1. The summed E-state index contributed by atoms with van der Waals surface area (Å²) >= 11 is 0. The Morgan fingerprint density at radius 1 is 0.833 bits per heavy atom. The van der Waals surface area contributed by atoms with E-state index in [9.17, 15) is 19.2 Å². The molecular formula is C32H34N4O6. The molecule has 3 aromatic rings. The first-order valence-electron chi connectivity index (χ1n) is 13.8. The number of aromatic nitrogens is 1. The largest absolute Gasteiger partial charge is 0.478 e. The molecule has 1 atom stereocenters. The zero-order valence-corrected chi connectivity index (χ0v) is 23.1. The fraction of sp³-hybridized carbons (Fsp3) is 0.281. The molecule has 0 radical (unpaired) electrons. The SMILES string of the molecule is O=C(O)/C=C\C(=O)O.O=C1NC(c2ccccc2)(c2ccncc2)C(=O)N1CCCN1CCC(c2ccccc2)CC1. The number of carboxylic acid groups (broad SMARTS) is 2. The molecule has 3 amide bonds. The van der Waals surface area contributed by atoms with Crippen LogP contribution in [0.1, 0.15) is 41.9 Å². The number of hydrogen-bond donors (Lipinski definition) is 3. The highest BCUT2D eigenvalue weighted by molar-refractivity contribution is 6.09. The molecule has 0 bridgehead atoms. The van der Waals surface area contributed by atoms with E-state index in [1.54, 1.807) is 24.5 Å². The molecule has 0 saturated carbocycles. The second-order valence-corrected chi connectivity index (χ2v) is 10.1. The molecule has 3 heterocycles. The van der Waals surface area contributed by atoms with E-state index < -0.39 is 17.5 Å². The minimum atomic E-state index is -1.26. The van der Waals surface area contributed by atoms with Crippen molar-refractivity contribution in [2.75, 3.05) is 26.2 Å². The van der Waals surface area contributed by atoms with Crippen LogP contribution in [0.4, 0.5) is 4.79 Å². The van der Waals surface area contributed by atoms with Crippen LogP contribution in [0.5, 0.6) is 0 Å². The van der Waals surface area contributed by atoms with Crippen molar-refractivity contribution in [1.29, 1.82) is 0 Å².